The number of hydrogen-bond acceptors (Lipinski definition) is 5. The summed E-state index contributed by atoms with van der Waals surface area (Å²) in [4.78, 5) is -0.350. The number of benzene rings is 2. The first kappa shape index (κ1) is 14.2. The summed E-state index contributed by atoms with van der Waals surface area (Å²) in [7, 11) is -3.01. The molecule has 104 valence electrons. The number of nitrogens with zero attached hydrogens (tertiary/aromatic N) is 2. The van der Waals surface area contributed by atoms with Crippen molar-refractivity contribution in [2.24, 2.45) is 10.2 Å². The van der Waals surface area contributed by atoms with Gasteiger partial charge in [-0.2, -0.15) is 13.5 Å². The highest BCUT2D eigenvalue weighted by Crippen LogP contribution is 2.29. The number of hydrogen-bond donors (Lipinski definition) is 1. The van der Waals surface area contributed by atoms with Crippen molar-refractivity contribution in [3.8, 4) is 5.75 Å². The summed E-state index contributed by atoms with van der Waals surface area (Å²) in [5.41, 5.74) is 0.613. The SMILES string of the molecule is COc1ccc(N=Nc2ccccc2)c(S(=O)(=O)O)c1. The summed E-state index contributed by atoms with van der Waals surface area (Å²) in [6.07, 6.45) is 0. The van der Waals surface area contributed by atoms with E-state index in [1.54, 1.807) is 24.3 Å². The van der Waals surface area contributed by atoms with Gasteiger partial charge in [0.15, 0.2) is 0 Å². The minimum absolute atomic E-state index is 0.0390. The highest BCUT2D eigenvalue weighted by atomic mass is 32.2. The molecule has 0 saturated heterocycles. The van der Waals surface area contributed by atoms with E-state index in [2.05, 4.69) is 10.2 Å². The van der Waals surface area contributed by atoms with Gasteiger partial charge < -0.3 is 4.74 Å². The molecule has 0 spiro atoms. The Labute approximate surface area is 116 Å². The monoisotopic (exact) mass is 292 g/mol. The molecule has 0 bridgehead atoms. The molecule has 0 unspecified atom stereocenters. The van der Waals surface area contributed by atoms with E-state index in [0.29, 0.717) is 11.4 Å². The van der Waals surface area contributed by atoms with Gasteiger partial charge in [-0.3, -0.25) is 4.55 Å². The zero-order chi connectivity index (χ0) is 14.6. The Morgan fingerprint density at radius 1 is 1.05 bits per heavy atom. The summed E-state index contributed by atoms with van der Waals surface area (Å²) in [5, 5.41) is 7.76. The Hall–Kier alpha value is -2.25. The van der Waals surface area contributed by atoms with E-state index in [1.165, 1.54) is 25.3 Å². The van der Waals surface area contributed by atoms with Crippen LogP contribution in [0.4, 0.5) is 11.4 Å². The largest absolute Gasteiger partial charge is 0.497 e. The number of rotatable bonds is 4. The highest BCUT2D eigenvalue weighted by Gasteiger charge is 2.16. The molecule has 6 nitrogen and oxygen atoms in total. The van der Waals surface area contributed by atoms with E-state index in [9.17, 15) is 13.0 Å². The van der Waals surface area contributed by atoms with Crippen molar-refractivity contribution in [2.45, 2.75) is 4.90 Å². The summed E-state index contributed by atoms with van der Waals surface area (Å²) in [5.74, 6) is 0.302. The third-order valence-electron chi connectivity index (χ3n) is 2.47. The summed E-state index contributed by atoms with van der Waals surface area (Å²) >= 11 is 0. The normalized spacial score (nSPS) is 11.7. The van der Waals surface area contributed by atoms with Crippen LogP contribution in [-0.2, 0) is 10.1 Å². The molecule has 0 aromatic heterocycles. The molecule has 2 rings (SSSR count). The second-order valence-electron chi connectivity index (χ2n) is 3.84. The first-order chi connectivity index (χ1) is 9.50. The minimum atomic E-state index is -4.40. The van der Waals surface area contributed by atoms with Gasteiger partial charge in [0.05, 0.1) is 12.8 Å². The minimum Gasteiger partial charge on any atom is -0.497 e. The molecule has 0 aliphatic rings. The zero-order valence-corrected chi connectivity index (χ0v) is 11.4. The number of methoxy groups -OCH3 is 1. The van der Waals surface area contributed by atoms with Crippen LogP contribution in [0.2, 0.25) is 0 Å². The Kier molecular flexibility index (Phi) is 4.11. The lowest BCUT2D eigenvalue weighted by atomic mass is 10.3. The first-order valence-electron chi connectivity index (χ1n) is 5.63. The van der Waals surface area contributed by atoms with Crippen molar-refractivity contribution in [2.75, 3.05) is 7.11 Å². The zero-order valence-electron chi connectivity index (χ0n) is 10.6. The van der Waals surface area contributed by atoms with Crippen LogP contribution in [0.1, 0.15) is 0 Å². The van der Waals surface area contributed by atoms with E-state index in [0.717, 1.165) is 0 Å². The average Bonchev–Trinajstić information content (AvgIpc) is 2.45. The molecule has 0 aliphatic heterocycles. The molecular formula is C13H12N2O4S. The Morgan fingerprint density at radius 3 is 2.35 bits per heavy atom. The molecule has 0 radical (unpaired) electrons. The molecule has 1 N–H and O–H groups in total. The van der Waals surface area contributed by atoms with Crippen molar-refractivity contribution in [1.29, 1.82) is 0 Å². The van der Waals surface area contributed by atoms with Crippen LogP contribution in [0, 0.1) is 0 Å². The molecule has 2 aromatic rings. The molecule has 0 atom stereocenters. The lowest BCUT2D eigenvalue weighted by molar-refractivity contribution is 0.412. The standard InChI is InChI=1S/C13H12N2O4S/c1-19-11-7-8-12(13(9-11)20(16,17)18)15-14-10-5-3-2-4-6-10/h2-9H,1H3,(H,16,17,18). The van der Waals surface area contributed by atoms with Crippen LogP contribution >= 0.6 is 0 Å². The van der Waals surface area contributed by atoms with E-state index < -0.39 is 10.1 Å². The molecule has 0 saturated carbocycles. The van der Waals surface area contributed by atoms with Crippen LogP contribution in [0.5, 0.6) is 5.75 Å². The predicted molar refractivity (Wildman–Crippen MR) is 73.4 cm³/mol. The predicted octanol–water partition coefficient (Wildman–Crippen LogP) is 3.36. The van der Waals surface area contributed by atoms with E-state index in [1.807, 2.05) is 6.07 Å². The van der Waals surface area contributed by atoms with Gasteiger partial charge in [0.1, 0.15) is 16.3 Å². The molecule has 0 heterocycles. The third kappa shape index (κ3) is 3.40. The first-order valence-corrected chi connectivity index (χ1v) is 7.07. The van der Waals surface area contributed by atoms with Crippen molar-refractivity contribution < 1.29 is 17.7 Å². The van der Waals surface area contributed by atoms with Gasteiger partial charge in [0.25, 0.3) is 10.1 Å². The van der Waals surface area contributed by atoms with Crippen molar-refractivity contribution in [3.63, 3.8) is 0 Å². The fraction of sp³-hybridized carbons (Fsp3) is 0.0769. The fourth-order valence-corrected chi connectivity index (χ4v) is 2.16. The van der Waals surface area contributed by atoms with Gasteiger partial charge in [-0.1, -0.05) is 18.2 Å². The van der Waals surface area contributed by atoms with Gasteiger partial charge in [0.2, 0.25) is 0 Å². The molecule has 0 aliphatic carbocycles. The second-order valence-corrected chi connectivity index (χ2v) is 5.23. The summed E-state index contributed by atoms with van der Waals surface area (Å²) in [6, 6.07) is 13.0. The van der Waals surface area contributed by atoms with Crippen LogP contribution < -0.4 is 4.74 Å². The Bertz CT molecular complexity index is 727. The van der Waals surface area contributed by atoms with Gasteiger partial charge in [-0.15, -0.1) is 5.11 Å². The summed E-state index contributed by atoms with van der Waals surface area (Å²) < 4.78 is 36.8. The maximum Gasteiger partial charge on any atom is 0.296 e. The second kappa shape index (κ2) is 5.81. The highest BCUT2D eigenvalue weighted by molar-refractivity contribution is 7.86. The van der Waals surface area contributed by atoms with Gasteiger partial charge in [0, 0.05) is 6.07 Å². The number of ether oxygens (including phenoxy) is 1. The number of azo groups is 1. The van der Waals surface area contributed by atoms with Gasteiger partial charge in [-0.05, 0) is 24.3 Å². The van der Waals surface area contributed by atoms with Crippen LogP contribution in [0.3, 0.4) is 0 Å². The van der Waals surface area contributed by atoms with Crippen molar-refractivity contribution in [1.82, 2.24) is 0 Å². The maximum atomic E-state index is 11.3. The molecule has 7 heteroatoms. The molecule has 0 amide bonds. The average molecular weight is 292 g/mol. The van der Waals surface area contributed by atoms with Gasteiger partial charge in [-0.25, -0.2) is 0 Å². The summed E-state index contributed by atoms with van der Waals surface area (Å²) in [6.45, 7) is 0. The van der Waals surface area contributed by atoms with E-state index >= 15 is 0 Å². The molecule has 2 aromatic carbocycles. The topological polar surface area (TPSA) is 88.3 Å². The molecule has 20 heavy (non-hydrogen) atoms. The van der Waals surface area contributed by atoms with Crippen molar-refractivity contribution >= 4 is 21.5 Å². The van der Waals surface area contributed by atoms with Crippen molar-refractivity contribution in [3.05, 3.63) is 48.5 Å². The third-order valence-corrected chi connectivity index (χ3v) is 3.36. The van der Waals surface area contributed by atoms with Crippen LogP contribution in [0.15, 0.2) is 63.7 Å². The van der Waals surface area contributed by atoms with Crippen LogP contribution in [-0.4, -0.2) is 20.1 Å². The van der Waals surface area contributed by atoms with E-state index in [-0.39, 0.29) is 10.6 Å². The lowest BCUT2D eigenvalue weighted by Crippen LogP contribution is -1.99. The quantitative estimate of drug-likeness (QED) is 0.691. The van der Waals surface area contributed by atoms with E-state index in [4.69, 9.17) is 4.74 Å². The van der Waals surface area contributed by atoms with Crippen LogP contribution in [0.25, 0.3) is 0 Å². The Balaban J connectivity index is 2.44. The molecular weight excluding hydrogens is 280 g/mol. The maximum absolute atomic E-state index is 11.3. The lowest BCUT2D eigenvalue weighted by Gasteiger charge is -2.04. The molecule has 0 fully saturated rings. The smallest absolute Gasteiger partial charge is 0.296 e. The fourth-order valence-electron chi connectivity index (χ4n) is 1.52. The van der Waals surface area contributed by atoms with Gasteiger partial charge >= 0.3 is 0 Å². The Morgan fingerprint density at radius 2 is 1.75 bits per heavy atom.